The first kappa shape index (κ1) is 12.2. The zero-order chi connectivity index (χ0) is 11.5. The van der Waals surface area contributed by atoms with Gasteiger partial charge in [0.1, 0.15) is 6.29 Å². The number of carbonyl (C=O) groups is 1. The van der Waals surface area contributed by atoms with Crippen LogP contribution in [0, 0.1) is 5.41 Å². The average molecular weight is 208 g/mol. The first-order chi connectivity index (χ1) is 6.97. The molecule has 0 saturated carbocycles. The van der Waals surface area contributed by atoms with Crippen LogP contribution in [0.15, 0.2) is 23.3 Å². The molecule has 15 heavy (non-hydrogen) atoms. The topological polar surface area (TPSA) is 37.3 Å². The molecule has 0 aromatic carbocycles. The Morgan fingerprint density at radius 2 is 2.20 bits per heavy atom. The molecular weight excluding hydrogens is 188 g/mol. The summed E-state index contributed by atoms with van der Waals surface area (Å²) >= 11 is 0. The van der Waals surface area contributed by atoms with Crippen molar-refractivity contribution in [1.82, 2.24) is 0 Å². The van der Waals surface area contributed by atoms with Gasteiger partial charge in [0.15, 0.2) is 0 Å². The third-order valence-corrected chi connectivity index (χ3v) is 3.16. The van der Waals surface area contributed by atoms with E-state index < -0.39 is 0 Å². The van der Waals surface area contributed by atoms with Crippen LogP contribution in [0.1, 0.15) is 40.0 Å². The lowest BCUT2D eigenvalue weighted by atomic mass is 9.70. The second-order valence-electron chi connectivity index (χ2n) is 4.97. The molecule has 2 nitrogen and oxygen atoms in total. The number of aldehydes is 1. The molecule has 1 aliphatic rings. The summed E-state index contributed by atoms with van der Waals surface area (Å²) in [7, 11) is 0. The summed E-state index contributed by atoms with van der Waals surface area (Å²) in [6, 6.07) is 0. The number of hydrogen-bond acceptors (Lipinski definition) is 2. The molecule has 0 fully saturated rings. The number of rotatable bonds is 3. The molecule has 0 saturated heterocycles. The van der Waals surface area contributed by atoms with Gasteiger partial charge in [-0.2, -0.15) is 0 Å². The van der Waals surface area contributed by atoms with E-state index in [4.69, 9.17) is 0 Å². The summed E-state index contributed by atoms with van der Waals surface area (Å²) in [4.78, 5) is 10.2. The van der Waals surface area contributed by atoms with Gasteiger partial charge in [-0.05, 0) is 37.7 Å². The molecule has 1 rings (SSSR count). The summed E-state index contributed by atoms with van der Waals surface area (Å²) in [5, 5.41) is 9.70. The van der Waals surface area contributed by atoms with E-state index >= 15 is 0 Å². The van der Waals surface area contributed by atoms with Crippen molar-refractivity contribution in [2.75, 3.05) is 0 Å². The Morgan fingerprint density at radius 1 is 1.53 bits per heavy atom. The highest BCUT2D eigenvalue weighted by atomic mass is 16.3. The molecule has 1 aliphatic carbocycles. The van der Waals surface area contributed by atoms with Gasteiger partial charge in [-0.1, -0.05) is 31.1 Å². The minimum atomic E-state index is -0.209. The molecule has 0 spiro atoms. The van der Waals surface area contributed by atoms with Gasteiger partial charge >= 0.3 is 0 Å². The van der Waals surface area contributed by atoms with Gasteiger partial charge in [-0.3, -0.25) is 4.79 Å². The molecule has 0 radical (unpaired) electrons. The van der Waals surface area contributed by atoms with Gasteiger partial charge in [0, 0.05) is 0 Å². The third kappa shape index (κ3) is 3.03. The highest BCUT2D eigenvalue weighted by Crippen LogP contribution is 2.41. The van der Waals surface area contributed by atoms with Crippen LogP contribution < -0.4 is 0 Å². The van der Waals surface area contributed by atoms with Crippen LogP contribution >= 0.6 is 0 Å². The first-order valence-corrected chi connectivity index (χ1v) is 5.45. The summed E-state index contributed by atoms with van der Waals surface area (Å²) in [6.45, 7) is 6.39. The number of carbonyl (C=O) groups excluding carboxylic acids is 1. The lowest BCUT2D eigenvalue weighted by Crippen LogP contribution is -2.28. The fourth-order valence-electron chi connectivity index (χ4n) is 2.53. The van der Waals surface area contributed by atoms with Crippen molar-refractivity contribution in [2.24, 2.45) is 5.41 Å². The fraction of sp³-hybridized carbons (Fsp3) is 0.615. The Morgan fingerprint density at radius 3 is 2.73 bits per heavy atom. The number of aliphatic hydroxyl groups is 1. The quantitative estimate of drug-likeness (QED) is 0.440. The van der Waals surface area contributed by atoms with E-state index in [1.807, 2.05) is 6.08 Å². The maximum Gasteiger partial charge on any atom is 0.142 e. The highest BCUT2D eigenvalue weighted by molar-refractivity contribution is 5.64. The molecule has 1 N–H and O–H groups in total. The Labute approximate surface area is 91.7 Å². The van der Waals surface area contributed by atoms with Crippen molar-refractivity contribution in [2.45, 2.75) is 46.1 Å². The van der Waals surface area contributed by atoms with E-state index in [0.717, 1.165) is 25.5 Å². The number of hydrogen-bond donors (Lipinski definition) is 1. The van der Waals surface area contributed by atoms with Crippen molar-refractivity contribution >= 4 is 6.29 Å². The molecule has 0 amide bonds. The average Bonchev–Trinajstić information content (AvgIpc) is 2.08. The van der Waals surface area contributed by atoms with Crippen LogP contribution in [-0.2, 0) is 4.79 Å². The molecule has 1 unspecified atom stereocenters. The molecule has 84 valence electrons. The van der Waals surface area contributed by atoms with Crippen LogP contribution in [0.25, 0.3) is 0 Å². The second-order valence-corrected chi connectivity index (χ2v) is 4.97. The van der Waals surface area contributed by atoms with Crippen molar-refractivity contribution in [3.63, 3.8) is 0 Å². The second kappa shape index (κ2) is 4.75. The van der Waals surface area contributed by atoms with Crippen LogP contribution in [0.4, 0.5) is 0 Å². The van der Waals surface area contributed by atoms with Crippen molar-refractivity contribution in [1.29, 1.82) is 0 Å². The lowest BCUT2D eigenvalue weighted by molar-refractivity contribution is -0.104. The number of allylic oxidation sites excluding steroid dienone is 3. The predicted octanol–water partition coefficient (Wildman–Crippen LogP) is 2.63. The minimum absolute atomic E-state index is 0.0506. The smallest absolute Gasteiger partial charge is 0.142 e. The summed E-state index contributed by atoms with van der Waals surface area (Å²) in [6.07, 6.45) is 6.44. The standard InChI is InChI=1S/C13H20O2/c1-10-8-11(15)9-13(2,3)12(10)6-4-5-7-14/h4-5,7,11,15H,6,8-9H2,1-3H3/b5-4+. The maximum atomic E-state index is 10.2. The van der Waals surface area contributed by atoms with E-state index in [9.17, 15) is 9.90 Å². The molecule has 0 heterocycles. The molecular formula is C13H20O2. The lowest BCUT2D eigenvalue weighted by Gasteiger charge is -2.36. The molecule has 0 aliphatic heterocycles. The van der Waals surface area contributed by atoms with E-state index in [1.165, 1.54) is 11.1 Å². The van der Waals surface area contributed by atoms with Gasteiger partial charge in [0.25, 0.3) is 0 Å². The van der Waals surface area contributed by atoms with Crippen LogP contribution in [0.2, 0.25) is 0 Å². The summed E-state index contributed by atoms with van der Waals surface area (Å²) < 4.78 is 0. The van der Waals surface area contributed by atoms with Gasteiger partial charge in [-0.15, -0.1) is 0 Å². The van der Waals surface area contributed by atoms with Gasteiger partial charge in [0.05, 0.1) is 6.10 Å². The van der Waals surface area contributed by atoms with Crippen molar-refractivity contribution in [3.05, 3.63) is 23.3 Å². The Hall–Kier alpha value is -0.890. The maximum absolute atomic E-state index is 10.2. The summed E-state index contributed by atoms with van der Waals surface area (Å²) in [5.41, 5.74) is 2.69. The van der Waals surface area contributed by atoms with E-state index in [2.05, 4.69) is 20.8 Å². The zero-order valence-corrected chi connectivity index (χ0v) is 9.79. The zero-order valence-electron chi connectivity index (χ0n) is 9.79. The molecule has 0 aromatic rings. The number of aliphatic hydroxyl groups excluding tert-OH is 1. The Bertz CT molecular complexity index is 298. The largest absolute Gasteiger partial charge is 0.393 e. The molecule has 1 atom stereocenters. The third-order valence-electron chi connectivity index (χ3n) is 3.16. The van der Waals surface area contributed by atoms with Crippen LogP contribution in [0.5, 0.6) is 0 Å². The summed E-state index contributed by atoms with van der Waals surface area (Å²) in [5.74, 6) is 0. The Balaban J connectivity index is 2.86. The SMILES string of the molecule is CC1=C(C/C=C/C=O)C(C)(C)CC(O)C1. The molecule has 2 heteroatoms. The van der Waals surface area contributed by atoms with Crippen LogP contribution in [0.3, 0.4) is 0 Å². The van der Waals surface area contributed by atoms with E-state index in [-0.39, 0.29) is 11.5 Å². The van der Waals surface area contributed by atoms with E-state index in [0.29, 0.717) is 0 Å². The normalized spacial score (nSPS) is 26.0. The minimum Gasteiger partial charge on any atom is -0.393 e. The molecule has 0 bridgehead atoms. The predicted molar refractivity (Wildman–Crippen MR) is 61.5 cm³/mol. The molecule has 0 aromatic heterocycles. The van der Waals surface area contributed by atoms with Crippen LogP contribution in [-0.4, -0.2) is 17.5 Å². The van der Waals surface area contributed by atoms with Gasteiger partial charge in [0.2, 0.25) is 0 Å². The first-order valence-electron chi connectivity index (χ1n) is 5.45. The van der Waals surface area contributed by atoms with Crippen molar-refractivity contribution in [3.8, 4) is 0 Å². The van der Waals surface area contributed by atoms with Gasteiger partial charge < -0.3 is 5.11 Å². The fourth-order valence-corrected chi connectivity index (χ4v) is 2.53. The monoisotopic (exact) mass is 208 g/mol. The van der Waals surface area contributed by atoms with E-state index in [1.54, 1.807) is 6.08 Å². The van der Waals surface area contributed by atoms with Gasteiger partial charge in [-0.25, -0.2) is 0 Å². The van der Waals surface area contributed by atoms with Crippen molar-refractivity contribution < 1.29 is 9.90 Å². The Kier molecular flexibility index (Phi) is 3.86. The highest BCUT2D eigenvalue weighted by Gasteiger charge is 2.31.